The molecule has 3 rings (SSSR count). The Morgan fingerprint density at radius 2 is 1.71 bits per heavy atom. The molecule has 0 spiro atoms. The molecule has 2 aromatic rings. The van der Waals surface area contributed by atoms with E-state index in [2.05, 4.69) is 5.10 Å². The van der Waals surface area contributed by atoms with E-state index < -0.39 is 12.2 Å². The lowest BCUT2D eigenvalue weighted by Crippen LogP contribution is -2.26. The summed E-state index contributed by atoms with van der Waals surface area (Å²) in [7, 11) is 0. The van der Waals surface area contributed by atoms with Gasteiger partial charge in [0.05, 0.1) is 5.56 Å². The minimum atomic E-state index is -0.784. The van der Waals surface area contributed by atoms with Crippen LogP contribution >= 0.6 is 0 Å². The summed E-state index contributed by atoms with van der Waals surface area (Å²) in [6.07, 6.45) is -0.784. The Kier molecular flexibility index (Phi) is 4.29. The molecule has 0 saturated heterocycles. The van der Waals surface area contributed by atoms with Crippen LogP contribution in [0.3, 0.4) is 0 Å². The molecule has 6 nitrogen and oxygen atoms in total. The van der Waals surface area contributed by atoms with Crippen LogP contribution in [0.4, 0.5) is 0 Å². The highest BCUT2D eigenvalue weighted by Crippen LogP contribution is 2.35. The van der Waals surface area contributed by atoms with Crippen molar-refractivity contribution < 1.29 is 19.1 Å². The van der Waals surface area contributed by atoms with Crippen molar-refractivity contribution in [2.24, 2.45) is 5.10 Å². The van der Waals surface area contributed by atoms with Crippen LogP contribution in [0.15, 0.2) is 59.7 Å². The average molecular weight is 324 g/mol. The van der Waals surface area contributed by atoms with Gasteiger partial charge < -0.3 is 9.47 Å². The number of amides is 1. The fourth-order valence-corrected chi connectivity index (χ4v) is 2.40. The van der Waals surface area contributed by atoms with Crippen LogP contribution in [0.5, 0.6) is 5.75 Å². The number of hydrogen-bond acceptors (Lipinski definition) is 5. The highest BCUT2D eigenvalue weighted by molar-refractivity contribution is 5.96. The maximum absolute atomic E-state index is 12.0. The maximum atomic E-state index is 12.0. The second-order valence-electron chi connectivity index (χ2n) is 5.24. The van der Waals surface area contributed by atoms with Gasteiger partial charge in [0.25, 0.3) is 0 Å². The van der Waals surface area contributed by atoms with Gasteiger partial charge >= 0.3 is 5.97 Å². The molecule has 1 amide bonds. The van der Waals surface area contributed by atoms with Gasteiger partial charge in [-0.25, -0.2) is 0 Å². The number of hydrogen-bond donors (Lipinski definition) is 0. The Morgan fingerprint density at radius 1 is 1.04 bits per heavy atom. The van der Waals surface area contributed by atoms with Gasteiger partial charge in [-0.1, -0.05) is 30.3 Å². The molecule has 0 fully saturated rings. The summed E-state index contributed by atoms with van der Waals surface area (Å²) in [5.74, 6) is -0.0400. The molecule has 2 aromatic carbocycles. The van der Waals surface area contributed by atoms with Crippen molar-refractivity contribution in [3.8, 4) is 5.75 Å². The summed E-state index contributed by atoms with van der Waals surface area (Å²) >= 11 is 0. The molecule has 0 radical (unpaired) electrons. The monoisotopic (exact) mass is 324 g/mol. The summed E-state index contributed by atoms with van der Waals surface area (Å²) in [5, 5.41) is 5.51. The molecule has 0 N–H and O–H groups in total. The first-order valence-electron chi connectivity index (χ1n) is 7.44. The third kappa shape index (κ3) is 3.12. The lowest BCUT2D eigenvalue weighted by Gasteiger charge is -2.21. The molecule has 0 aromatic heterocycles. The van der Waals surface area contributed by atoms with Gasteiger partial charge in [-0.3, -0.25) is 9.59 Å². The predicted octanol–water partition coefficient (Wildman–Crippen LogP) is 2.85. The first kappa shape index (κ1) is 15.7. The van der Waals surface area contributed by atoms with E-state index in [1.807, 2.05) is 30.3 Å². The van der Waals surface area contributed by atoms with Crippen molar-refractivity contribution in [3.05, 3.63) is 65.7 Å². The first-order valence-corrected chi connectivity index (χ1v) is 7.44. The average Bonchev–Trinajstić information content (AvgIpc) is 3.01. The number of para-hydroxylation sites is 1. The van der Waals surface area contributed by atoms with Crippen molar-refractivity contribution in [2.45, 2.75) is 20.1 Å². The highest BCUT2D eigenvalue weighted by atomic mass is 16.5. The SMILES string of the molecule is CC(=O)Oc1ccccc1C1OC(c2ccccc2)=NN1C(C)=O. The van der Waals surface area contributed by atoms with Crippen LogP contribution < -0.4 is 4.74 Å². The van der Waals surface area contributed by atoms with Gasteiger partial charge in [-0.2, -0.15) is 5.01 Å². The van der Waals surface area contributed by atoms with Crippen LogP contribution in [0, 0.1) is 0 Å². The number of rotatable bonds is 3. The number of carbonyl (C=O) groups is 2. The third-order valence-corrected chi connectivity index (χ3v) is 3.43. The van der Waals surface area contributed by atoms with E-state index in [1.54, 1.807) is 24.3 Å². The summed E-state index contributed by atoms with van der Waals surface area (Å²) in [6, 6.07) is 16.2. The van der Waals surface area contributed by atoms with Gasteiger partial charge in [0.15, 0.2) is 0 Å². The molecule has 0 aliphatic carbocycles. The second-order valence-corrected chi connectivity index (χ2v) is 5.24. The summed E-state index contributed by atoms with van der Waals surface area (Å²) in [6.45, 7) is 2.73. The van der Waals surface area contributed by atoms with Crippen molar-refractivity contribution in [2.75, 3.05) is 0 Å². The molecule has 1 atom stereocenters. The molecule has 1 unspecified atom stereocenters. The number of esters is 1. The Labute approximate surface area is 139 Å². The lowest BCUT2D eigenvalue weighted by atomic mass is 10.1. The van der Waals surface area contributed by atoms with Crippen LogP contribution in [-0.4, -0.2) is 22.8 Å². The number of nitrogens with zero attached hydrogens (tertiary/aromatic N) is 2. The van der Waals surface area contributed by atoms with Gasteiger partial charge in [-0.05, 0) is 24.3 Å². The number of ether oxygens (including phenoxy) is 2. The second kappa shape index (κ2) is 6.54. The number of benzene rings is 2. The number of hydrazone groups is 1. The molecule has 0 saturated carbocycles. The number of carbonyl (C=O) groups excluding carboxylic acids is 2. The molecule has 0 bridgehead atoms. The third-order valence-electron chi connectivity index (χ3n) is 3.43. The fourth-order valence-electron chi connectivity index (χ4n) is 2.40. The molecule has 24 heavy (non-hydrogen) atoms. The van der Waals surface area contributed by atoms with Gasteiger partial charge in [0, 0.05) is 19.4 Å². The topological polar surface area (TPSA) is 68.2 Å². The standard InChI is InChI=1S/C18H16N2O4/c1-12(21)20-18(15-10-6-7-11-16(15)23-13(2)22)24-17(19-20)14-8-4-3-5-9-14/h3-11,18H,1-2H3. The minimum absolute atomic E-state index is 0.274. The van der Waals surface area contributed by atoms with Gasteiger partial charge in [0.1, 0.15) is 5.75 Å². The molecule has 1 heterocycles. The molecule has 1 aliphatic rings. The van der Waals surface area contributed by atoms with Crippen molar-refractivity contribution in [1.82, 2.24) is 5.01 Å². The summed E-state index contributed by atoms with van der Waals surface area (Å²) in [4.78, 5) is 23.3. The van der Waals surface area contributed by atoms with Crippen LogP contribution in [-0.2, 0) is 14.3 Å². The summed E-state index contributed by atoms with van der Waals surface area (Å²) in [5.41, 5.74) is 1.31. The Balaban J connectivity index is 1.97. The normalized spacial score (nSPS) is 16.3. The largest absolute Gasteiger partial charge is 0.446 e. The molecular weight excluding hydrogens is 308 g/mol. The first-order chi connectivity index (χ1) is 11.6. The van der Waals surface area contributed by atoms with Crippen molar-refractivity contribution in [3.63, 3.8) is 0 Å². The van der Waals surface area contributed by atoms with E-state index >= 15 is 0 Å². The molecule has 1 aliphatic heterocycles. The Hall–Kier alpha value is -3.15. The van der Waals surface area contributed by atoms with E-state index in [9.17, 15) is 9.59 Å². The molecular formula is C18H16N2O4. The smallest absolute Gasteiger partial charge is 0.308 e. The van der Waals surface area contributed by atoms with Crippen molar-refractivity contribution >= 4 is 17.8 Å². The van der Waals surface area contributed by atoms with Crippen molar-refractivity contribution in [1.29, 1.82) is 0 Å². The van der Waals surface area contributed by atoms with Crippen LogP contribution in [0.1, 0.15) is 31.2 Å². The maximum Gasteiger partial charge on any atom is 0.308 e. The van der Waals surface area contributed by atoms with E-state index in [4.69, 9.17) is 9.47 Å². The molecule has 6 heteroatoms. The Morgan fingerprint density at radius 3 is 2.38 bits per heavy atom. The summed E-state index contributed by atoms with van der Waals surface area (Å²) < 4.78 is 11.1. The van der Waals surface area contributed by atoms with E-state index in [-0.39, 0.29) is 5.91 Å². The van der Waals surface area contributed by atoms with E-state index in [0.717, 1.165) is 5.56 Å². The lowest BCUT2D eigenvalue weighted by molar-refractivity contribution is -0.135. The fraction of sp³-hybridized carbons (Fsp3) is 0.167. The van der Waals surface area contributed by atoms with Gasteiger partial charge in [0.2, 0.25) is 18.0 Å². The Bertz CT molecular complexity index is 802. The van der Waals surface area contributed by atoms with Crippen LogP contribution in [0.2, 0.25) is 0 Å². The zero-order valence-electron chi connectivity index (χ0n) is 13.3. The predicted molar refractivity (Wildman–Crippen MR) is 87.1 cm³/mol. The van der Waals surface area contributed by atoms with E-state index in [1.165, 1.54) is 18.9 Å². The zero-order chi connectivity index (χ0) is 17.1. The quantitative estimate of drug-likeness (QED) is 0.643. The minimum Gasteiger partial charge on any atom is -0.446 e. The van der Waals surface area contributed by atoms with E-state index in [0.29, 0.717) is 17.2 Å². The van der Waals surface area contributed by atoms with Crippen LogP contribution in [0.25, 0.3) is 0 Å². The van der Waals surface area contributed by atoms with Gasteiger partial charge in [-0.15, -0.1) is 5.10 Å². The highest BCUT2D eigenvalue weighted by Gasteiger charge is 2.35. The molecule has 122 valence electrons. The zero-order valence-corrected chi connectivity index (χ0v) is 13.3.